The summed E-state index contributed by atoms with van der Waals surface area (Å²) in [5.41, 5.74) is 6.63. The third-order valence-corrected chi connectivity index (χ3v) is 4.18. The molecule has 0 saturated carbocycles. The predicted octanol–water partition coefficient (Wildman–Crippen LogP) is 1.61. The van der Waals surface area contributed by atoms with Crippen LogP contribution in [0.5, 0.6) is 0 Å². The molecule has 1 aliphatic heterocycles. The number of ether oxygens (including phenoxy) is 1. The second-order valence-electron chi connectivity index (χ2n) is 5.87. The summed E-state index contributed by atoms with van der Waals surface area (Å²) in [5, 5.41) is 7.12. The quantitative estimate of drug-likeness (QED) is 0.491. The first kappa shape index (κ1) is 23.8. The number of esters is 1. The van der Waals surface area contributed by atoms with E-state index in [0.29, 0.717) is 13.0 Å². The maximum atomic E-state index is 12.2. The topological polar surface area (TPSA) is 110 Å². The van der Waals surface area contributed by atoms with E-state index in [9.17, 15) is 22.8 Å². The predicted molar refractivity (Wildman–Crippen MR) is 96.5 cm³/mol. The van der Waals surface area contributed by atoms with Gasteiger partial charge in [-0.1, -0.05) is 30.3 Å². The number of nitrogens with zero attached hydrogens (tertiary/aromatic N) is 1. The zero-order valence-corrected chi connectivity index (χ0v) is 15.7. The number of amides is 1. The van der Waals surface area contributed by atoms with E-state index in [-0.39, 0.29) is 24.2 Å². The van der Waals surface area contributed by atoms with Crippen molar-refractivity contribution < 1.29 is 37.4 Å². The summed E-state index contributed by atoms with van der Waals surface area (Å²) in [6.07, 6.45) is -3.67. The molecule has 1 fully saturated rings. The summed E-state index contributed by atoms with van der Waals surface area (Å²) in [6, 6.07) is 8.27. The zero-order valence-electron chi connectivity index (χ0n) is 14.8. The summed E-state index contributed by atoms with van der Waals surface area (Å²) in [7, 11) is 0. The molecule has 3 N–H and O–H groups in total. The minimum Gasteiger partial charge on any atom is -0.475 e. The van der Waals surface area contributed by atoms with E-state index in [1.54, 1.807) is 0 Å². The number of benzene rings is 1. The average molecular weight is 422 g/mol. The first-order valence-corrected chi connectivity index (χ1v) is 8.88. The smallest absolute Gasteiger partial charge is 0.475 e. The SMILES string of the molecule is N[C@@H](CS)C(=O)N1CCC[C@H]1C(=O)OCc1ccccc1.O=C(O)C(F)(F)F. The van der Waals surface area contributed by atoms with Gasteiger partial charge >= 0.3 is 18.1 Å². The van der Waals surface area contributed by atoms with E-state index < -0.39 is 24.2 Å². The van der Waals surface area contributed by atoms with E-state index in [0.717, 1.165) is 12.0 Å². The number of likely N-dealkylation sites (tertiary alicyclic amines) is 1. The molecule has 1 saturated heterocycles. The van der Waals surface area contributed by atoms with Crippen molar-refractivity contribution in [2.45, 2.75) is 37.7 Å². The normalized spacial score (nSPS) is 17.3. The van der Waals surface area contributed by atoms with Crippen LogP contribution in [0.4, 0.5) is 13.2 Å². The Morgan fingerprint density at radius 1 is 1.29 bits per heavy atom. The molecule has 7 nitrogen and oxygen atoms in total. The Labute approximate surface area is 165 Å². The fourth-order valence-electron chi connectivity index (χ4n) is 2.39. The van der Waals surface area contributed by atoms with Gasteiger partial charge in [0, 0.05) is 12.3 Å². The minimum absolute atomic E-state index is 0.219. The van der Waals surface area contributed by atoms with E-state index in [4.69, 9.17) is 20.4 Å². The standard InChI is InChI=1S/C15H20N2O3S.C2HF3O2/c16-12(10-21)14(18)17-8-4-7-13(17)15(19)20-9-11-5-2-1-3-6-11;3-2(4,5)1(6)7/h1-3,5-6,12-13,21H,4,7-10,16H2;(H,6,7)/t12-,13-;/m0./s1. The minimum atomic E-state index is -5.08. The van der Waals surface area contributed by atoms with Crippen LogP contribution in [-0.4, -0.2) is 58.4 Å². The monoisotopic (exact) mass is 422 g/mol. The van der Waals surface area contributed by atoms with Gasteiger partial charge in [0.25, 0.3) is 0 Å². The molecule has 2 atom stereocenters. The Kier molecular flexibility index (Phi) is 9.26. The lowest BCUT2D eigenvalue weighted by Gasteiger charge is -2.25. The lowest BCUT2D eigenvalue weighted by molar-refractivity contribution is -0.192. The number of carbonyl (C=O) groups is 3. The third-order valence-electron chi connectivity index (χ3n) is 3.79. The summed E-state index contributed by atoms with van der Waals surface area (Å²) in [4.78, 5) is 34.7. The Balaban J connectivity index is 0.000000480. The molecule has 1 aromatic rings. The molecule has 1 heterocycles. The van der Waals surface area contributed by atoms with Gasteiger partial charge in [-0.05, 0) is 18.4 Å². The molecule has 11 heteroatoms. The molecular formula is C17H21F3N2O5S. The Morgan fingerprint density at radius 2 is 1.86 bits per heavy atom. The van der Waals surface area contributed by atoms with Gasteiger partial charge in [0.05, 0.1) is 6.04 Å². The summed E-state index contributed by atoms with van der Waals surface area (Å²) >= 11 is 4.03. The molecule has 0 aromatic heterocycles. The van der Waals surface area contributed by atoms with Crippen LogP contribution in [0.3, 0.4) is 0 Å². The Hall–Kier alpha value is -2.27. The van der Waals surface area contributed by atoms with Crippen molar-refractivity contribution in [1.82, 2.24) is 4.90 Å². The van der Waals surface area contributed by atoms with Crippen molar-refractivity contribution in [1.29, 1.82) is 0 Å². The molecular weight excluding hydrogens is 401 g/mol. The van der Waals surface area contributed by atoms with Gasteiger partial charge in [0.2, 0.25) is 5.91 Å². The van der Waals surface area contributed by atoms with Gasteiger partial charge in [0.1, 0.15) is 12.6 Å². The van der Waals surface area contributed by atoms with Crippen LogP contribution < -0.4 is 5.73 Å². The number of aliphatic carboxylic acids is 1. The van der Waals surface area contributed by atoms with Crippen LogP contribution in [-0.2, 0) is 25.7 Å². The highest BCUT2D eigenvalue weighted by Crippen LogP contribution is 2.20. The van der Waals surface area contributed by atoms with Crippen LogP contribution in [0.1, 0.15) is 18.4 Å². The molecule has 0 spiro atoms. The van der Waals surface area contributed by atoms with Crippen molar-refractivity contribution in [3.05, 3.63) is 35.9 Å². The molecule has 1 aromatic carbocycles. The fourth-order valence-corrected chi connectivity index (χ4v) is 2.55. The first-order chi connectivity index (χ1) is 13.1. The van der Waals surface area contributed by atoms with Gasteiger partial charge in [-0.25, -0.2) is 9.59 Å². The molecule has 156 valence electrons. The highest BCUT2D eigenvalue weighted by molar-refractivity contribution is 7.80. The number of carboxylic acids is 1. The zero-order chi connectivity index (χ0) is 21.3. The van der Waals surface area contributed by atoms with Crippen LogP contribution in [0.15, 0.2) is 30.3 Å². The summed E-state index contributed by atoms with van der Waals surface area (Å²) < 4.78 is 37.0. The van der Waals surface area contributed by atoms with Gasteiger partial charge in [-0.3, -0.25) is 4.79 Å². The Morgan fingerprint density at radius 3 is 2.36 bits per heavy atom. The summed E-state index contributed by atoms with van der Waals surface area (Å²) in [5.74, 6) is -3.09. The summed E-state index contributed by atoms with van der Waals surface area (Å²) in [6.45, 7) is 0.766. The van der Waals surface area contributed by atoms with Crippen molar-refractivity contribution in [3.63, 3.8) is 0 Å². The first-order valence-electron chi connectivity index (χ1n) is 8.25. The maximum absolute atomic E-state index is 12.2. The second-order valence-corrected chi connectivity index (χ2v) is 6.24. The average Bonchev–Trinajstić information content (AvgIpc) is 3.15. The number of rotatable bonds is 5. The van der Waals surface area contributed by atoms with Crippen LogP contribution in [0.2, 0.25) is 0 Å². The largest absolute Gasteiger partial charge is 0.490 e. The van der Waals surface area contributed by atoms with Crippen molar-refractivity contribution >= 4 is 30.5 Å². The number of nitrogens with two attached hydrogens (primary N) is 1. The van der Waals surface area contributed by atoms with E-state index in [1.165, 1.54) is 4.90 Å². The Bertz CT molecular complexity index is 673. The third kappa shape index (κ3) is 7.39. The second kappa shape index (κ2) is 10.9. The molecule has 0 aliphatic carbocycles. The highest BCUT2D eigenvalue weighted by Gasteiger charge is 2.38. The molecule has 0 unspecified atom stereocenters. The molecule has 0 bridgehead atoms. The lowest BCUT2D eigenvalue weighted by atomic mass is 10.2. The van der Waals surface area contributed by atoms with E-state index >= 15 is 0 Å². The number of alkyl halides is 3. The number of carbonyl (C=O) groups excluding carboxylic acids is 2. The van der Waals surface area contributed by atoms with Crippen LogP contribution in [0.25, 0.3) is 0 Å². The van der Waals surface area contributed by atoms with Gasteiger partial charge < -0.3 is 20.5 Å². The number of carboxylic acid groups (broad SMARTS) is 1. The molecule has 2 rings (SSSR count). The van der Waals surface area contributed by atoms with Crippen molar-refractivity contribution in [2.75, 3.05) is 12.3 Å². The molecule has 1 aliphatic rings. The fraction of sp³-hybridized carbons (Fsp3) is 0.471. The van der Waals surface area contributed by atoms with E-state index in [1.807, 2.05) is 30.3 Å². The van der Waals surface area contributed by atoms with Crippen molar-refractivity contribution in [3.8, 4) is 0 Å². The highest BCUT2D eigenvalue weighted by atomic mass is 32.1. The van der Waals surface area contributed by atoms with Gasteiger partial charge in [-0.2, -0.15) is 25.8 Å². The molecule has 1 amide bonds. The maximum Gasteiger partial charge on any atom is 0.490 e. The van der Waals surface area contributed by atoms with E-state index in [2.05, 4.69) is 12.6 Å². The van der Waals surface area contributed by atoms with Crippen LogP contribution >= 0.6 is 12.6 Å². The molecule has 28 heavy (non-hydrogen) atoms. The number of hydrogen-bond donors (Lipinski definition) is 3. The number of hydrogen-bond acceptors (Lipinski definition) is 6. The van der Waals surface area contributed by atoms with Crippen molar-refractivity contribution in [2.24, 2.45) is 5.73 Å². The number of thiol groups is 1. The van der Waals surface area contributed by atoms with Gasteiger partial charge in [-0.15, -0.1) is 0 Å². The molecule has 0 radical (unpaired) electrons. The van der Waals surface area contributed by atoms with Crippen LogP contribution in [0, 0.1) is 0 Å². The lowest BCUT2D eigenvalue weighted by Crippen LogP contribution is -2.49. The van der Waals surface area contributed by atoms with Gasteiger partial charge in [0.15, 0.2) is 0 Å². The number of halogens is 3.